The minimum atomic E-state index is -1.84. The van der Waals surface area contributed by atoms with Gasteiger partial charge in [-0.2, -0.15) is 0 Å². The molecule has 166 valence electrons. The highest BCUT2D eigenvalue weighted by atomic mass is 19.2. The fraction of sp³-hybridized carbons (Fsp3) is 0.375. The van der Waals surface area contributed by atoms with E-state index in [2.05, 4.69) is 12.2 Å². The van der Waals surface area contributed by atoms with Crippen LogP contribution in [0.15, 0.2) is 30.4 Å². The Morgan fingerprint density at radius 1 is 0.935 bits per heavy atom. The van der Waals surface area contributed by atoms with Gasteiger partial charge in [0.15, 0.2) is 17.5 Å². The van der Waals surface area contributed by atoms with Crippen molar-refractivity contribution in [3.63, 3.8) is 0 Å². The molecule has 0 spiro atoms. The van der Waals surface area contributed by atoms with E-state index in [0.29, 0.717) is 30.9 Å². The summed E-state index contributed by atoms with van der Waals surface area (Å²) in [6, 6.07) is 2.14. The van der Waals surface area contributed by atoms with Crippen LogP contribution in [0, 0.1) is 35.0 Å². The molecule has 0 unspecified atom stereocenters. The molecule has 2 nitrogen and oxygen atoms in total. The first kappa shape index (κ1) is 23.0. The number of halogens is 5. The van der Waals surface area contributed by atoms with Crippen molar-refractivity contribution in [2.45, 2.75) is 51.4 Å². The van der Waals surface area contributed by atoms with Gasteiger partial charge in [-0.1, -0.05) is 19.1 Å². The van der Waals surface area contributed by atoms with E-state index >= 15 is 4.39 Å². The Labute approximate surface area is 177 Å². The molecule has 1 fully saturated rings. The van der Waals surface area contributed by atoms with E-state index < -0.39 is 46.2 Å². The molecule has 31 heavy (non-hydrogen) atoms. The maximum absolute atomic E-state index is 15.2. The summed E-state index contributed by atoms with van der Waals surface area (Å²) in [7, 11) is 0. The van der Waals surface area contributed by atoms with Crippen LogP contribution in [0.25, 0.3) is 11.1 Å². The Morgan fingerprint density at radius 3 is 2.10 bits per heavy atom. The normalized spacial score (nSPS) is 19.2. The van der Waals surface area contributed by atoms with Gasteiger partial charge in [0.25, 0.3) is 0 Å². The highest BCUT2D eigenvalue weighted by molar-refractivity contribution is 5.91. The van der Waals surface area contributed by atoms with E-state index in [1.807, 2.05) is 6.92 Å². The van der Waals surface area contributed by atoms with Crippen LogP contribution in [0.5, 0.6) is 0 Å². The maximum atomic E-state index is 15.2. The lowest BCUT2D eigenvalue weighted by atomic mass is 9.75. The second kappa shape index (κ2) is 9.62. The van der Waals surface area contributed by atoms with Crippen LogP contribution in [0.2, 0.25) is 0 Å². The fourth-order valence-corrected chi connectivity index (χ4v) is 4.31. The second-order valence-electron chi connectivity index (χ2n) is 7.90. The predicted octanol–water partition coefficient (Wildman–Crippen LogP) is 7.38. The molecule has 0 aliphatic heterocycles. The summed E-state index contributed by atoms with van der Waals surface area (Å²) < 4.78 is 70.7. The van der Waals surface area contributed by atoms with Crippen molar-refractivity contribution in [3.8, 4) is 11.1 Å². The van der Waals surface area contributed by atoms with Crippen LogP contribution >= 0.6 is 0 Å². The molecular formula is C24H23F5O2. The lowest BCUT2D eigenvalue weighted by Crippen LogP contribution is -2.16. The number of hydrogen-bond donors (Lipinski definition) is 1. The van der Waals surface area contributed by atoms with Gasteiger partial charge in [-0.25, -0.2) is 26.7 Å². The van der Waals surface area contributed by atoms with E-state index in [-0.39, 0.29) is 17.0 Å². The molecule has 0 saturated heterocycles. The molecule has 0 atom stereocenters. The van der Waals surface area contributed by atoms with Crippen LogP contribution in [0.3, 0.4) is 0 Å². The predicted molar refractivity (Wildman–Crippen MR) is 107 cm³/mol. The average molecular weight is 438 g/mol. The van der Waals surface area contributed by atoms with Crippen molar-refractivity contribution in [1.82, 2.24) is 0 Å². The first-order valence-corrected chi connectivity index (χ1v) is 10.3. The molecule has 2 aromatic carbocycles. The third-order valence-corrected chi connectivity index (χ3v) is 5.89. The Bertz CT molecular complexity index is 985. The Balaban J connectivity index is 2.05. The van der Waals surface area contributed by atoms with Gasteiger partial charge in [-0.05, 0) is 79.7 Å². The number of aromatic carboxylic acids is 1. The summed E-state index contributed by atoms with van der Waals surface area (Å²) in [6.45, 7) is 2.04. The van der Waals surface area contributed by atoms with Crippen molar-refractivity contribution < 1.29 is 31.9 Å². The van der Waals surface area contributed by atoms with Gasteiger partial charge in [-0.3, -0.25) is 0 Å². The molecule has 1 N–H and O–H groups in total. The Morgan fingerprint density at radius 2 is 1.55 bits per heavy atom. The van der Waals surface area contributed by atoms with Gasteiger partial charge < -0.3 is 5.11 Å². The zero-order valence-electron chi connectivity index (χ0n) is 17.0. The molecule has 0 radical (unpaired) electrons. The van der Waals surface area contributed by atoms with Gasteiger partial charge in [0.2, 0.25) is 0 Å². The molecule has 1 aliphatic carbocycles. The number of allylic oxidation sites excluding steroid dienone is 2. The SMILES string of the molecule is CCC=CCC1CCC(c2cc(F)c(C(=O)O)c(F)c2-c2cc(F)c(F)c(F)c2)CC1. The first-order chi connectivity index (χ1) is 14.7. The second-order valence-corrected chi connectivity index (χ2v) is 7.90. The summed E-state index contributed by atoms with van der Waals surface area (Å²) in [4.78, 5) is 11.4. The minimum Gasteiger partial charge on any atom is -0.477 e. The molecule has 3 rings (SSSR count). The van der Waals surface area contributed by atoms with Gasteiger partial charge in [-0.15, -0.1) is 0 Å². The zero-order chi connectivity index (χ0) is 22.7. The third-order valence-electron chi connectivity index (χ3n) is 5.89. The van der Waals surface area contributed by atoms with Crippen LogP contribution in [-0.2, 0) is 0 Å². The molecule has 1 saturated carbocycles. The van der Waals surface area contributed by atoms with Gasteiger partial charge in [0.05, 0.1) is 0 Å². The number of carboxylic acids is 1. The molecule has 0 heterocycles. The van der Waals surface area contributed by atoms with E-state index in [9.17, 15) is 27.5 Å². The number of benzene rings is 2. The fourth-order valence-electron chi connectivity index (χ4n) is 4.31. The van der Waals surface area contributed by atoms with Gasteiger partial charge in [0.1, 0.15) is 17.2 Å². The van der Waals surface area contributed by atoms with Crippen LogP contribution in [0.1, 0.15) is 67.3 Å². The largest absolute Gasteiger partial charge is 0.477 e. The standard InChI is InChI=1S/C24H23F5O2/c1-2-3-4-5-13-6-8-14(9-7-13)16-12-17(25)21(24(30)31)23(29)20(16)15-10-18(26)22(28)19(27)11-15/h3-4,10-14H,2,5-9H2,1H3,(H,30,31). The smallest absolute Gasteiger partial charge is 0.341 e. The third kappa shape index (κ3) is 4.81. The molecule has 0 amide bonds. The number of carbonyl (C=O) groups is 1. The lowest BCUT2D eigenvalue weighted by Gasteiger charge is -2.30. The Hall–Kier alpha value is -2.70. The van der Waals surface area contributed by atoms with Crippen molar-refractivity contribution in [2.24, 2.45) is 5.92 Å². The summed E-state index contributed by atoms with van der Waals surface area (Å²) in [5, 5.41) is 9.22. The van der Waals surface area contributed by atoms with E-state index in [1.54, 1.807) is 0 Å². The van der Waals surface area contributed by atoms with Crippen LogP contribution in [0.4, 0.5) is 22.0 Å². The van der Waals surface area contributed by atoms with E-state index in [0.717, 1.165) is 31.7 Å². The highest BCUT2D eigenvalue weighted by Crippen LogP contribution is 2.43. The van der Waals surface area contributed by atoms with Crippen molar-refractivity contribution in [2.75, 3.05) is 0 Å². The van der Waals surface area contributed by atoms with Gasteiger partial charge in [0, 0.05) is 5.56 Å². The summed E-state index contributed by atoms with van der Waals surface area (Å²) in [5.41, 5.74) is -1.82. The van der Waals surface area contributed by atoms with E-state index in [1.165, 1.54) is 0 Å². The molecule has 1 aliphatic rings. The van der Waals surface area contributed by atoms with Crippen molar-refractivity contribution >= 4 is 5.97 Å². The Kier molecular flexibility index (Phi) is 7.13. The summed E-state index contributed by atoms with van der Waals surface area (Å²) in [5.74, 6) is -9.17. The monoisotopic (exact) mass is 438 g/mol. The number of hydrogen-bond acceptors (Lipinski definition) is 1. The number of rotatable bonds is 6. The molecule has 2 aromatic rings. The topological polar surface area (TPSA) is 37.3 Å². The molecule has 7 heteroatoms. The maximum Gasteiger partial charge on any atom is 0.341 e. The van der Waals surface area contributed by atoms with Crippen LogP contribution in [-0.4, -0.2) is 11.1 Å². The average Bonchev–Trinajstić information content (AvgIpc) is 2.71. The first-order valence-electron chi connectivity index (χ1n) is 10.3. The highest BCUT2D eigenvalue weighted by Gasteiger charge is 2.30. The molecule has 0 bridgehead atoms. The lowest BCUT2D eigenvalue weighted by molar-refractivity contribution is 0.0686. The quantitative estimate of drug-likeness (QED) is 0.290. The minimum absolute atomic E-state index is 0.146. The van der Waals surface area contributed by atoms with Crippen LogP contribution < -0.4 is 0 Å². The summed E-state index contributed by atoms with van der Waals surface area (Å²) in [6.07, 6.45) is 8.83. The summed E-state index contributed by atoms with van der Waals surface area (Å²) >= 11 is 0. The van der Waals surface area contributed by atoms with Gasteiger partial charge >= 0.3 is 5.97 Å². The van der Waals surface area contributed by atoms with Crippen molar-refractivity contribution in [1.29, 1.82) is 0 Å². The van der Waals surface area contributed by atoms with Crippen molar-refractivity contribution in [3.05, 3.63) is 70.6 Å². The van der Waals surface area contributed by atoms with E-state index in [4.69, 9.17) is 0 Å². The molecule has 0 aromatic heterocycles. The number of carboxylic acid groups (broad SMARTS) is 1. The zero-order valence-corrected chi connectivity index (χ0v) is 17.0. The molecular weight excluding hydrogens is 415 g/mol.